The van der Waals surface area contributed by atoms with Crippen molar-refractivity contribution in [2.45, 2.75) is 52.4 Å². The predicted molar refractivity (Wildman–Crippen MR) is 51.6 cm³/mol. The number of aromatic nitrogens is 2. The third-order valence-corrected chi connectivity index (χ3v) is 2.41. The van der Waals surface area contributed by atoms with Gasteiger partial charge in [-0.2, -0.15) is 0 Å². The molecule has 13 heavy (non-hydrogen) atoms. The Kier molecular flexibility index (Phi) is 3.07. The second kappa shape index (κ2) is 3.90. The van der Waals surface area contributed by atoms with Crippen LogP contribution in [0.1, 0.15) is 51.9 Å². The molecule has 3 nitrogen and oxygen atoms in total. The molecule has 0 saturated carbocycles. The molecule has 0 unspecified atom stereocenters. The van der Waals surface area contributed by atoms with Gasteiger partial charge >= 0.3 is 0 Å². The Morgan fingerprint density at radius 2 is 1.92 bits per heavy atom. The van der Waals surface area contributed by atoms with Crippen molar-refractivity contribution in [1.82, 2.24) is 10.3 Å². The van der Waals surface area contributed by atoms with E-state index in [4.69, 9.17) is 4.63 Å². The summed E-state index contributed by atoms with van der Waals surface area (Å²) in [5.41, 5.74) is 2.12. The summed E-state index contributed by atoms with van der Waals surface area (Å²) in [6.07, 6.45) is 3.17. The summed E-state index contributed by atoms with van der Waals surface area (Å²) >= 11 is 0. The third kappa shape index (κ3) is 2.08. The molecule has 1 rings (SSSR count). The van der Waals surface area contributed by atoms with Crippen molar-refractivity contribution < 1.29 is 4.63 Å². The lowest BCUT2D eigenvalue weighted by Crippen LogP contribution is -2.19. The third-order valence-electron chi connectivity index (χ3n) is 2.41. The second-order valence-corrected chi connectivity index (χ2v) is 4.05. The molecule has 0 aliphatic heterocycles. The smallest absolute Gasteiger partial charge is 0.113 e. The van der Waals surface area contributed by atoms with Crippen LogP contribution in [0, 0.1) is 0 Å². The zero-order valence-corrected chi connectivity index (χ0v) is 8.92. The standard InChI is InChI=1S/C10H18N2O/c1-5-7-10(3,4)9-8(6-2)11-13-12-9/h5-7H2,1-4H3. The van der Waals surface area contributed by atoms with E-state index in [9.17, 15) is 0 Å². The topological polar surface area (TPSA) is 38.9 Å². The number of hydrogen-bond donors (Lipinski definition) is 0. The molecule has 0 aliphatic carbocycles. The van der Waals surface area contributed by atoms with Gasteiger partial charge in [-0.15, -0.1) is 0 Å². The predicted octanol–water partition coefficient (Wildman–Crippen LogP) is 2.71. The minimum atomic E-state index is 0.0973. The van der Waals surface area contributed by atoms with Crippen LogP contribution in [0.5, 0.6) is 0 Å². The van der Waals surface area contributed by atoms with Gasteiger partial charge in [-0.25, -0.2) is 4.63 Å². The van der Waals surface area contributed by atoms with Gasteiger partial charge in [0.25, 0.3) is 0 Å². The number of nitrogens with zero attached hydrogens (tertiary/aromatic N) is 2. The highest BCUT2D eigenvalue weighted by Gasteiger charge is 2.26. The van der Waals surface area contributed by atoms with Crippen molar-refractivity contribution in [2.24, 2.45) is 0 Å². The highest BCUT2D eigenvalue weighted by Crippen LogP contribution is 2.28. The van der Waals surface area contributed by atoms with Gasteiger partial charge in [-0.1, -0.05) is 44.4 Å². The highest BCUT2D eigenvalue weighted by molar-refractivity contribution is 5.17. The van der Waals surface area contributed by atoms with E-state index in [1.54, 1.807) is 0 Å². The molecule has 0 radical (unpaired) electrons. The molecular formula is C10H18N2O. The summed E-state index contributed by atoms with van der Waals surface area (Å²) in [4.78, 5) is 0. The lowest BCUT2D eigenvalue weighted by molar-refractivity contribution is 0.291. The molecular weight excluding hydrogens is 164 g/mol. The van der Waals surface area contributed by atoms with Gasteiger partial charge in [0.05, 0.1) is 0 Å². The lowest BCUT2D eigenvalue weighted by atomic mass is 9.83. The Morgan fingerprint density at radius 3 is 2.46 bits per heavy atom. The summed E-state index contributed by atoms with van der Waals surface area (Å²) in [5.74, 6) is 0. The van der Waals surface area contributed by atoms with Crippen molar-refractivity contribution in [3.05, 3.63) is 11.4 Å². The molecule has 1 aromatic rings. The van der Waals surface area contributed by atoms with Gasteiger partial charge in [0, 0.05) is 5.41 Å². The zero-order valence-electron chi connectivity index (χ0n) is 8.92. The average molecular weight is 182 g/mol. The molecule has 0 aliphatic rings. The van der Waals surface area contributed by atoms with E-state index in [1.165, 1.54) is 0 Å². The van der Waals surface area contributed by atoms with E-state index in [1.807, 2.05) is 0 Å². The molecule has 0 N–H and O–H groups in total. The summed E-state index contributed by atoms with van der Waals surface area (Å²) in [7, 11) is 0. The molecule has 0 aromatic carbocycles. The largest absolute Gasteiger partial charge is 0.244 e. The van der Waals surface area contributed by atoms with Crippen LogP contribution in [0.25, 0.3) is 0 Å². The summed E-state index contributed by atoms with van der Waals surface area (Å²) < 4.78 is 4.77. The SMILES string of the molecule is CCCC(C)(C)c1nonc1CC. The molecule has 0 saturated heterocycles. The van der Waals surface area contributed by atoms with Gasteiger partial charge in [0.2, 0.25) is 0 Å². The van der Waals surface area contributed by atoms with Gasteiger partial charge in [-0.05, 0) is 12.8 Å². The van der Waals surface area contributed by atoms with Crippen LogP contribution >= 0.6 is 0 Å². The number of rotatable bonds is 4. The Balaban J connectivity index is 2.91. The highest BCUT2D eigenvalue weighted by atomic mass is 16.6. The van der Waals surface area contributed by atoms with Crippen LogP contribution in [0.2, 0.25) is 0 Å². The minimum Gasteiger partial charge on any atom is -0.244 e. The van der Waals surface area contributed by atoms with Crippen LogP contribution < -0.4 is 0 Å². The quantitative estimate of drug-likeness (QED) is 0.718. The monoisotopic (exact) mass is 182 g/mol. The molecule has 74 valence electrons. The van der Waals surface area contributed by atoms with E-state index < -0.39 is 0 Å². The fourth-order valence-electron chi connectivity index (χ4n) is 1.70. The maximum absolute atomic E-state index is 4.77. The van der Waals surface area contributed by atoms with Gasteiger partial charge in [-0.3, -0.25) is 0 Å². The first-order valence-electron chi connectivity index (χ1n) is 4.93. The molecule has 0 amide bonds. The molecule has 0 fully saturated rings. The van der Waals surface area contributed by atoms with Crippen molar-refractivity contribution in [3.8, 4) is 0 Å². The second-order valence-electron chi connectivity index (χ2n) is 4.05. The normalized spacial score (nSPS) is 12.0. The Hall–Kier alpha value is -0.860. The van der Waals surface area contributed by atoms with E-state index >= 15 is 0 Å². The van der Waals surface area contributed by atoms with E-state index in [0.29, 0.717) is 0 Å². The van der Waals surface area contributed by atoms with Crippen LogP contribution in [-0.2, 0) is 11.8 Å². The molecule has 0 bridgehead atoms. The number of hydrogen-bond acceptors (Lipinski definition) is 3. The average Bonchev–Trinajstić information content (AvgIpc) is 2.51. The first kappa shape index (κ1) is 10.2. The number of aryl methyl sites for hydroxylation is 1. The van der Waals surface area contributed by atoms with E-state index in [-0.39, 0.29) is 5.41 Å². The van der Waals surface area contributed by atoms with Crippen molar-refractivity contribution >= 4 is 0 Å². The fourth-order valence-corrected chi connectivity index (χ4v) is 1.70. The first-order valence-corrected chi connectivity index (χ1v) is 4.93. The first-order chi connectivity index (χ1) is 6.11. The van der Waals surface area contributed by atoms with Crippen molar-refractivity contribution in [3.63, 3.8) is 0 Å². The maximum atomic E-state index is 4.77. The van der Waals surface area contributed by atoms with Gasteiger partial charge in [0.15, 0.2) is 0 Å². The lowest BCUT2D eigenvalue weighted by Gasteiger charge is -2.21. The molecule has 0 spiro atoms. The zero-order chi connectivity index (χ0) is 9.90. The van der Waals surface area contributed by atoms with Crippen LogP contribution in [0.4, 0.5) is 0 Å². The molecule has 1 aromatic heterocycles. The Bertz CT molecular complexity index is 266. The summed E-state index contributed by atoms with van der Waals surface area (Å²) in [6, 6.07) is 0. The maximum Gasteiger partial charge on any atom is 0.113 e. The van der Waals surface area contributed by atoms with Crippen LogP contribution in [0.15, 0.2) is 4.63 Å². The molecule has 0 atom stereocenters. The van der Waals surface area contributed by atoms with Crippen molar-refractivity contribution in [2.75, 3.05) is 0 Å². The molecule has 1 heterocycles. The molecule has 3 heteroatoms. The fraction of sp³-hybridized carbons (Fsp3) is 0.800. The van der Waals surface area contributed by atoms with Crippen LogP contribution in [0.3, 0.4) is 0 Å². The minimum absolute atomic E-state index is 0.0973. The van der Waals surface area contributed by atoms with Gasteiger partial charge < -0.3 is 0 Å². The summed E-state index contributed by atoms with van der Waals surface area (Å²) in [5, 5.41) is 7.89. The Morgan fingerprint density at radius 1 is 1.23 bits per heavy atom. The Labute approximate surface area is 79.5 Å². The van der Waals surface area contributed by atoms with E-state index in [0.717, 1.165) is 30.7 Å². The summed E-state index contributed by atoms with van der Waals surface area (Å²) in [6.45, 7) is 8.64. The van der Waals surface area contributed by atoms with Crippen molar-refractivity contribution in [1.29, 1.82) is 0 Å². The van der Waals surface area contributed by atoms with E-state index in [2.05, 4.69) is 38.0 Å². The van der Waals surface area contributed by atoms with Gasteiger partial charge in [0.1, 0.15) is 11.4 Å². The van der Waals surface area contributed by atoms with Crippen LogP contribution in [-0.4, -0.2) is 10.3 Å².